The van der Waals surface area contributed by atoms with E-state index < -0.39 is 6.04 Å². The van der Waals surface area contributed by atoms with Crippen LogP contribution in [-0.2, 0) is 16.0 Å². The number of ether oxygens (including phenoxy) is 2. The molecule has 1 aromatic carbocycles. The Morgan fingerprint density at radius 1 is 1.41 bits per heavy atom. The van der Waals surface area contributed by atoms with Crippen LogP contribution in [0.2, 0.25) is 0 Å². The maximum atomic E-state index is 11.2. The highest BCUT2D eigenvalue weighted by atomic mass is 16.5. The highest BCUT2D eigenvalue weighted by molar-refractivity contribution is 5.70. The fourth-order valence-corrected chi connectivity index (χ4v) is 1.67. The van der Waals surface area contributed by atoms with Gasteiger partial charge in [-0.3, -0.25) is 4.79 Å². The summed E-state index contributed by atoms with van der Waals surface area (Å²) in [6.07, 6.45) is 1.07. The number of rotatable bonds is 5. The highest BCUT2D eigenvalue weighted by Gasteiger charge is 2.16. The van der Waals surface area contributed by atoms with Crippen LogP contribution in [0.25, 0.3) is 0 Å². The van der Waals surface area contributed by atoms with Gasteiger partial charge in [0, 0.05) is 11.6 Å². The van der Waals surface area contributed by atoms with Gasteiger partial charge in [-0.05, 0) is 18.1 Å². The largest absolute Gasteiger partial charge is 0.496 e. The Morgan fingerprint density at radius 2 is 2.12 bits per heavy atom. The van der Waals surface area contributed by atoms with Crippen molar-refractivity contribution in [2.75, 3.05) is 14.2 Å². The zero-order chi connectivity index (χ0) is 12.8. The van der Waals surface area contributed by atoms with Crippen molar-refractivity contribution >= 4 is 5.97 Å². The summed E-state index contributed by atoms with van der Waals surface area (Å²) in [7, 11) is 2.95. The summed E-state index contributed by atoms with van der Waals surface area (Å²) in [4.78, 5) is 11.2. The molecule has 1 atom stereocenters. The molecule has 0 aliphatic rings. The smallest absolute Gasteiger partial charge is 0.307 e. The van der Waals surface area contributed by atoms with Crippen LogP contribution in [0.1, 0.15) is 30.5 Å². The molecular weight excluding hydrogens is 218 g/mol. The Hall–Kier alpha value is -1.55. The van der Waals surface area contributed by atoms with E-state index in [9.17, 15) is 4.79 Å². The minimum atomic E-state index is -0.399. The quantitative estimate of drug-likeness (QED) is 0.793. The molecule has 1 aromatic rings. The van der Waals surface area contributed by atoms with Gasteiger partial charge in [0.1, 0.15) is 5.75 Å². The number of esters is 1. The Balaban J connectivity index is 2.96. The molecule has 1 rings (SSSR count). The molecule has 4 heteroatoms. The summed E-state index contributed by atoms with van der Waals surface area (Å²) in [5.74, 6) is 0.389. The van der Waals surface area contributed by atoms with E-state index in [0.29, 0.717) is 5.75 Å². The molecule has 4 nitrogen and oxygen atoms in total. The number of carbonyl (C=O) groups is 1. The molecule has 0 heterocycles. The van der Waals surface area contributed by atoms with E-state index >= 15 is 0 Å². The van der Waals surface area contributed by atoms with Gasteiger partial charge in [-0.1, -0.05) is 19.1 Å². The van der Waals surface area contributed by atoms with Crippen LogP contribution < -0.4 is 10.5 Å². The van der Waals surface area contributed by atoms with E-state index in [1.54, 1.807) is 7.11 Å². The predicted molar refractivity (Wildman–Crippen MR) is 65.9 cm³/mol. The molecule has 1 unspecified atom stereocenters. The molecule has 0 amide bonds. The zero-order valence-corrected chi connectivity index (χ0v) is 10.5. The summed E-state index contributed by atoms with van der Waals surface area (Å²) in [6.45, 7) is 2.07. The van der Waals surface area contributed by atoms with Crippen molar-refractivity contribution in [2.45, 2.75) is 25.8 Å². The van der Waals surface area contributed by atoms with Gasteiger partial charge in [0.2, 0.25) is 0 Å². The number of hydrogen-bond donors (Lipinski definition) is 1. The maximum Gasteiger partial charge on any atom is 0.307 e. The van der Waals surface area contributed by atoms with Crippen LogP contribution in [0.3, 0.4) is 0 Å². The first-order chi connectivity index (χ1) is 8.12. The van der Waals surface area contributed by atoms with Gasteiger partial charge in [0.25, 0.3) is 0 Å². The lowest BCUT2D eigenvalue weighted by Gasteiger charge is -2.15. The minimum absolute atomic E-state index is 0.153. The van der Waals surface area contributed by atoms with E-state index in [2.05, 4.69) is 11.7 Å². The molecule has 0 radical (unpaired) electrons. The molecular formula is C13H19NO3. The Labute approximate surface area is 102 Å². The van der Waals surface area contributed by atoms with Gasteiger partial charge in [-0.25, -0.2) is 0 Å². The number of hydrogen-bond acceptors (Lipinski definition) is 4. The normalized spacial score (nSPS) is 12.0. The van der Waals surface area contributed by atoms with Crippen molar-refractivity contribution in [1.29, 1.82) is 0 Å². The van der Waals surface area contributed by atoms with Crippen molar-refractivity contribution in [1.82, 2.24) is 0 Å². The van der Waals surface area contributed by atoms with Crippen molar-refractivity contribution in [3.8, 4) is 5.75 Å². The molecule has 0 fully saturated rings. The summed E-state index contributed by atoms with van der Waals surface area (Å²) < 4.78 is 9.86. The molecule has 0 aliphatic heterocycles. The van der Waals surface area contributed by atoms with Gasteiger partial charge >= 0.3 is 5.97 Å². The molecule has 2 N–H and O–H groups in total. The van der Waals surface area contributed by atoms with E-state index in [1.165, 1.54) is 12.7 Å². The molecule has 94 valence electrons. The number of aryl methyl sites for hydroxylation is 1. The topological polar surface area (TPSA) is 61.5 Å². The fraction of sp³-hybridized carbons (Fsp3) is 0.462. The predicted octanol–water partition coefficient (Wildman–Crippen LogP) is 1.82. The van der Waals surface area contributed by atoms with Crippen molar-refractivity contribution in [2.24, 2.45) is 5.73 Å². The molecule has 0 saturated carbocycles. The van der Waals surface area contributed by atoms with E-state index in [1.807, 2.05) is 18.2 Å². The molecule has 0 aromatic heterocycles. The van der Waals surface area contributed by atoms with Gasteiger partial charge in [0.15, 0.2) is 0 Å². The number of methoxy groups -OCH3 is 2. The summed E-state index contributed by atoms with van der Waals surface area (Å²) in [5, 5.41) is 0. The zero-order valence-electron chi connectivity index (χ0n) is 10.5. The Kier molecular flexibility index (Phi) is 4.97. The van der Waals surface area contributed by atoms with Crippen molar-refractivity contribution in [3.05, 3.63) is 29.3 Å². The second-order valence-electron chi connectivity index (χ2n) is 3.82. The first-order valence-electron chi connectivity index (χ1n) is 5.61. The second kappa shape index (κ2) is 6.25. The van der Waals surface area contributed by atoms with E-state index in [0.717, 1.165) is 12.0 Å². The highest BCUT2D eigenvalue weighted by Crippen LogP contribution is 2.27. The van der Waals surface area contributed by atoms with Crippen LogP contribution in [0.5, 0.6) is 5.75 Å². The minimum Gasteiger partial charge on any atom is -0.496 e. The number of nitrogens with two attached hydrogens (primary N) is 1. The average molecular weight is 237 g/mol. The third kappa shape index (κ3) is 3.46. The lowest BCUT2D eigenvalue weighted by atomic mass is 10.00. The van der Waals surface area contributed by atoms with E-state index in [4.69, 9.17) is 10.5 Å². The lowest BCUT2D eigenvalue weighted by molar-refractivity contribution is -0.141. The third-order valence-electron chi connectivity index (χ3n) is 2.72. The molecule has 0 spiro atoms. The van der Waals surface area contributed by atoms with Gasteiger partial charge < -0.3 is 15.2 Å². The van der Waals surface area contributed by atoms with Crippen LogP contribution in [0.15, 0.2) is 18.2 Å². The fourth-order valence-electron chi connectivity index (χ4n) is 1.67. The first kappa shape index (κ1) is 13.5. The van der Waals surface area contributed by atoms with Crippen LogP contribution >= 0.6 is 0 Å². The summed E-state index contributed by atoms with van der Waals surface area (Å²) in [6, 6.07) is 5.45. The van der Waals surface area contributed by atoms with Gasteiger partial charge in [-0.2, -0.15) is 0 Å². The maximum absolute atomic E-state index is 11.2. The van der Waals surface area contributed by atoms with Gasteiger partial charge in [-0.15, -0.1) is 0 Å². The van der Waals surface area contributed by atoms with Crippen molar-refractivity contribution in [3.63, 3.8) is 0 Å². The van der Waals surface area contributed by atoms with E-state index in [-0.39, 0.29) is 12.4 Å². The lowest BCUT2D eigenvalue weighted by Crippen LogP contribution is -2.17. The molecule has 0 aliphatic carbocycles. The first-order valence-corrected chi connectivity index (χ1v) is 5.61. The van der Waals surface area contributed by atoms with Crippen molar-refractivity contribution < 1.29 is 14.3 Å². The monoisotopic (exact) mass is 237 g/mol. The van der Waals surface area contributed by atoms with Crippen LogP contribution in [-0.4, -0.2) is 20.2 Å². The molecule has 0 saturated heterocycles. The number of benzene rings is 1. The van der Waals surface area contributed by atoms with Crippen LogP contribution in [0, 0.1) is 0 Å². The standard InChI is InChI=1S/C13H19NO3/c1-4-9-5-6-12(16-2)10(7-9)11(14)8-13(15)17-3/h5-7,11H,4,8,14H2,1-3H3. The Morgan fingerprint density at radius 3 is 2.65 bits per heavy atom. The van der Waals surface area contributed by atoms with Gasteiger partial charge in [0.05, 0.1) is 20.6 Å². The average Bonchev–Trinajstić information content (AvgIpc) is 2.37. The third-order valence-corrected chi connectivity index (χ3v) is 2.72. The van der Waals surface area contributed by atoms with Crippen LogP contribution in [0.4, 0.5) is 0 Å². The summed E-state index contributed by atoms with van der Waals surface area (Å²) >= 11 is 0. The Bertz CT molecular complexity index is 390. The SMILES string of the molecule is CCc1ccc(OC)c(C(N)CC(=O)OC)c1. The second-order valence-corrected chi connectivity index (χ2v) is 3.82. The molecule has 17 heavy (non-hydrogen) atoms. The summed E-state index contributed by atoms with van der Waals surface area (Å²) in [5.41, 5.74) is 8.00. The number of carbonyl (C=O) groups excluding carboxylic acids is 1. The molecule has 0 bridgehead atoms.